The first-order chi connectivity index (χ1) is 12.4. The van der Waals surface area contributed by atoms with Gasteiger partial charge in [-0.05, 0) is 38.8 Å². The Balaban J connectivity index is 1.56. The average molecular weight is 380 g/mol. The number of hydrogen-bond donors (Lipinski definition) is 1. The van der Waals surface area contributed by atoms with Crippen molar-refractivity contribution >= 4 is 15.9 Å². The Bertz CT molecular complexity index is 719. The third-order valence-corrected chi connectivity index (χ3v) is 7.47. The van der Waals surface area contributed by atoms with Gasteiger partial charge in [0.05, 0.1) is 10.9 Å². The molecular formula is C19H29N3O3S. The summed E-state index contributed by atoms with van der Waals surface area (Å²) in [5.41, 5.74) is 1.04. The van der Waals surface area contributed by atoms with E-state index >= 15 is 0 Å². The van der Waals surface area contributed by atoms with Gasteiger partial charge >= 0.3 is 0 Å². The fraction of sp³-hybridized carbons (Fsp3) is 0.632. The van der Waals surface area contributed by atoms with Crippen molar-refractivity contribution in [3.8, 4) is 0 Å². The lowest BCUT2D eigenvalue weighted by molar-refractivity contribution is -0.127. The van der Waals surface area contributed by atoms with Crippen LogP contribution in [0.3, 0.4) is 0 Å². The van der Waals surface area contributed by atoms with E-state index in [-0.39, 0.29) is 11.9 Å². The molecule has 0 radical (unpaired) electrons. The van der Waals surface area contributed by atoms with Crippen LogP contribution in [-0.4, -0.2) is 61.8 Å². The van der Waals surface area contributed by atoms with Crippen molar-refractivity contribution in [2.75, 3.05) is 26.2 Å². The summed E-state index contributed by atoms with van der Waals surface area (Å²) in [6.45, 7) is 5.82. The van der Waals surface area contributed by atoms with Crippen LogP contribution in [-0.2, 0) is 14.8 Å². The summed E-state index contributed by atoms with van der Waals surface area (Å²) in [5.74, 6) is 0.0618. The molecule has 1 amide bonds. The zero-order chi connectivity index (χ0) is 18.7. The van der Waals surface area contributed by atoms with Crippen LogP contribution in [0.4, 0.5) is 0 Å². The van der Waals surface area contributed by atoms with Crippen molar-refractivity contribution in [2.24, 2.45) is 0 Å². The maximum absolute atomic E-state index is 12.8. The lowest BCUT2D eigenvalue weighted by Gasteiger charge is -2.37. The number of carbonyl (C=O) groups is 1. The Morgan fingerprint density at radius 2 is 1.65 bits per heavy atom. The summed E-state index contributed by atoms with van der Waals surface area (Å²) in [6.07, 6.45) is 4.52. The Kier molecular flexibility index (Phi) is 5.99. The van der Waals surface area contributed by atoms with Crippen LogP contribution in [0.15, 0.2) is 29.2 Å². The van der Waals surface area contributed by atoms with Gasteiger partial charge in [-0.25, -0.2) is 8.42 Å². The molecule has 6 nitrogen and oxygen atoms in total. The quantitative estimate of drug-likeness (QED) is 0.846. The van der Waals surface area contributed by atoms with E-state index in [1.807, 2.05) is 26.0 Å². The Morgan fingerprint density at radius 1 is 1.08 bits per heavy atom. The summed E-state index contributed by atoms with van der Waals surface area (Å²) in [5, 5.41) is 3.14. The van der Waals surface area contributed by atoms with Gasteiger partial charge in [0.2, 0.25) is 15.9 Å². The van der Waals surface area contributed by atoms with Crippen LogP contribution < -0.4 is 5.32 Å². The van der Waals surface area contributed by atoms with E-state index in [9.17, 15) is 13.2 Å². The maximum atomic E-state index is 12.8. The molecule has 0 spiro atoms. The van der Waals surface area contributed by atoms with Crippen LogP contribution in [0.1, 0.15) is 38.2 Å². The van der Waals surface area contributed by atoms with E-state index in [2.05, 4.69) is 10.2 Å². The lowest BCUT2D eigenvalue weighted by atomic mass is 10.2. The second-order valence-corrected chi connectivity index (χ2v) is 9.36. The van der Waals surface area contributed by atoms with Gasteiger partial charge in [0.1, 0.15) is 0 Å². The summed E-state index contributed by atoms with van der Waals surface area (Å²) >= 11 is 0. The number of piperazine rings is 1. The zero-order valence-electron chi connectivity index (χ0n) is 15.6. The topological polar surface area (TPSA) is 69.7 Å². The van der Waals surface area contributed by atoms with E-state index in [0.29, 0.717) is 37.1 Å². The van der Waals surface area contributed by atoms with Gasteiger partial charge in [-0.1, -0.05) is 30.5 Å². The molecule has 26 heavy (non-hydrogen) atoms. The Hall–Kier alpha value is -1.44. The van der Waals surface area contributed by atoms with Gasteiger partial charge in [0, 0.05) is 32.2 Å². The average Bonchev–Trinajstić information content (AvgIpc) is 3.14. The molecule has 0 unspecified atom stereocenters. The van der Waals surface area contributed by atoms with Gasteiger partial charge in [-0.15, -0.1) is 0 Å². The fourth-order valence-corrected chi connectivity index (χ4v) is 5.17. The van der Waals surface area contributed by atoms with Crippen molar-refractivity contribution in [1.82, 2.24) is 14.5 Å². The van der Waals surface area contributed by atoms with Crippen molar-refractivity contribution in [1.29, 1.82) is 0 Å². The summed E-state index contributed by atoms with van der Waals surface area (Å²) in [4.78, 5) is 14.9. The zero-order valence-corrected chi connectivity index (χ0v) is 16.5. The molecule has 0 bridgehead atoms. The minimum atomic E-state index is -3.46. The van der Waals surface area contributed by atoms with Crippen molar-refractivity contribution in [3.63, 3.8) is 0 Å². The molecule has 1 aromatic rings. The SMILES string of the molecule is Cc1ccc(S(=O)(=O)N2CCN([C@@H](C)C(=O)NC3CCCC3)CC2)cc1. The minimum absolute atomic E-state index is 0.0618. The Labute approximate surface area is 156 Å². The van der Waals surface area contributed by atoms with Crippen LogP contribution in [0.2, 0.25) is 0 Å². The number of nitrogens with zero attached hydrogens (tertiary/aromatic N) is 2. The molecule has 1 aliphatic heterocycles. The molecule has 1 N–H and O–H groups in total. The third-order valence-electron chi connectivity index (χ3n) is 5.56. The highest BCUT2D eigenvalue weighted by Gasteiger charge is 2.32. The van der Waals surface area contributed by atoms with E-state index in [4.69, 9.17) is 0 Å². The molecule has 1 aliphatic carbocycles. The van der Waals surface area contributed by atoms with Crippen molar-refractivity contribution < 1.29 is 13.2 Å². The monoisotopic (exact) mass is 379 g/mol. The lowest BCUT2D eigenvalue weighted by Crippen LogP contribution is -2.55. The predicted octanol–water partition coefficient (Wildman–Crippen LogP) is 1.75. The first-order valence-electron chi connectivity index (χ1n) is 9.49. The number of hydrogen-bond acceptors (Lipinski definition) is 4. The van der Waals surface area contributed by atoms with Crippen molar-refractivity contribution in [2.45, 2.75) is 56.5 Å². The van der Waals surface area contributed by atoms with Gasteiger partial charge in [0.25, 0.3) is 0 Å². The van der Waals surface area contributed by atoms with Gasteiger partial charge in [-0.2, -0.15) is 4.31 Å². The molecule has 1 atom stereocenters. The van der Waals surface area contributed by atoms with E-state index in [0.717, 1.165) is 18.4 Å². The van der Waals surface area contributed by atoms with E-state index in [1.165, 1.54) is 17.1 Å². The maximum Gasteiger partial charge on any atom is 0.243 e. The van der Waals surface area contributed by atoms with Crippen LogP contribution in [0.5, 0.6) is 0 Å². The number of carbonyl (C=O) groups excluding carboxylic acids is 1. The predicted molar refractivity (Wildman–Crippen MR) is 101 cm³/mol. The number of nitrogens with one attached hydrogen (secondary N) is 1. The molecule has 0 aromatic heterocycles. The first-order valence-corrected chi connectivity index (χ1v) is 10.9. The normalized spacial score (nSPS) is 21.6. The molecule has 2 fully saturated rings. The number of sulfonamides is 1. The number of amides is 1. The largest absolute Gasteiger partial charge is 0.352 e. The summed E-state index contributed by atoms with van der Waals surface area (Å²) in [7, 11) is -3.46. The van der Waals surface area contributed by atoms with E-state index in [1.54, 1.807) is 12.1 Å². The molecule has 7 heteroatoms. The highest BCUT2D eigenvalue weighted by Crippen LogP contribution is 2.20. The molecule has 1 aromatic carbocycles. The van der Waals surface area contributed by atoms with Gasteiger partial charge in [-0.3, -0.25) is 9.69 Å². The van der Waals surface area contributed by atoms with Crippen LogP contribution >= 0.6 is 0 Å². The van der Waals surface area contributed by atoms with Crippen LogP contribution in [0, 0.1) is 6.92 Å². The van der Waals surface area contributed by atoms with E-state index < -0.39 is 10.0 Å². The van der Waals surface area contributed by atoms with Gasteiger partial charge < -0.3 is 5.32 Å². The molecule has 1 saturated heterocycles. The summed E-state index contributed by atoms with van der Waals surface area (Å²) < 4.78 is 27.1. The molecule has 3 rings (SSSR count). The summed E-state index contributed by atoms with van der Waals surface area (Å²) in [6, 6.07) is 7.05. The van der Waals surface area contributed by atoms with Crippen LogP contribution in [0.25, 0.3) is 0 Å². The van der Waals surface area contributed by atoms with Crippen molar-refractivity contribution in [3.05, 3.63) is 29.8 Å². The number of aryl methyl sites for hydroxylation is 1. The minimum Gasteiger partial charge on any atom is -0.352 e. The molecule has 2 aliphatic rings. The highest BCUT2D eigenvalue weighted by molar-refractivity contribution is 7.89. The van der Waals surface area contributed by atoms with Gasteiger partial charge in [0.15, 0.2) is 0 Å². The second kappa shape index (κ2) is 8.06. The fourth-order valence-electron chi connectivity index (χ4n) is 3.75. The number of rotatable bonds is 5. The molecule has 1 heterocycles. The molecule has 144 valence electrons. The smallest absolute Gasteiger partial charge is 0.243 e. The Morgan fingerprint density at radius 3 is 2.23 bits per heavy atom. The number of benzene rings is 1. The third kappa shape index (κ3) is 4.27. The standard InChI is InChI=1S/C19H29N3O3S/c1-15-7-9-18(10-8-15)26(24,25)22-13-11-21(12-14-22)16(2)19(23)20-17-5-3-4-6-17/h7-10,16-17H,3-6,11-14H2,1-2H3,(H,20,23)/t16-/m0/s1. The molecular weight excluding hydrogens is 350 g/mol. The second-order valence-electron chi connectivity index (χ2n) is 7.42. The first kappa shape index (κ1) is 19.3. The highest BCUT2D eigenvalue weighted by atomic mass is 32.2. The molecule has 1 saturated carbocycles.